The Morgan fingerprint density at radius 3 is 2.95 bits per heavy atom. The maximum Gasteiger partial charge on any atom is 0.228 e. The van der Waals surface area contributed by atoms with Crippen LogP contribution in [0.5, 0.6) is 0 Å². The molecule has 0 bridgehead atoms. The lowest BCUT2D eigenvalue weighted by atomic mass is 10.3. The number of nitrogens with zero attached hydrogens (tertiary/aromatic N) is 3. The Balaban J connectivity index is 1.66. The Hall–Kier alpha value is -2.70. The van der Waals surface area contributed by atoms with Gasteiger partial charge in [0.1, 0.15) is 12.1 Å². The highest BCUT2D eigenvalue weighted by molar-refractivity contribution is 5.95. The van der Waals surface area contributed by atoms with E-state index in [0.717, 1.165) is 29.4 Å². The standard InChI is InChI=1S/C13H12N6O/c20-13(7-1-2-7)18-11-4-9-8(5-14-11)3-10(17-9)12-15-6-16-19-12/h3-7,17H,1-2H2,(H,14,18,20)(H,15,16,19). The second-order valence-corrected chi connectivity index (χ2v) is 4.93. The number of aromatic nitrogens is 5. The molecule has 20 heavy (non-hydrogen) atoms. The number of H-pyrrole nitrogens is 2. The Labute approximate surface area is 113 Å². The van der Waals surface area contributed by atoms with E-state index in [1.807, 2.05) is 12.1 Å². The van der Waals surface area contributed by atoms with Gasteiger partial charge in [-0.1, -0.05) is 0 Å². The van der Waals surface area contributed by atoms with E-state index >= 15 is 0 Å². The maximum atomic E-state index is 11.7. The molecule has 0 spiro atoms. The summed E-state index contributed by atoms with van der Waals surface area (Å²) in [6.45, 7) is 0. The zero-order chi connectivity index (χ0) is 13.5. The zero-order valence-corrected chi connectivity index (χ0v) is 10.6. The fourth-order valence-corrected chi connectivity index (χ4v) is 2.13. The highest BCUT2D eigenvalue weighted by Gasteiger charge is 2.29. The summed E-state index contributed by atoms with van der Waals surface area (Å²) in [6.07, 6.45) is 5.21. The molecule has 0 radical (unpaired) electrons. The van der Waals surface area contributed by atoms with Crippen molar-refractivity contribution in [3.63, 3.8) is 0 Å². The van der Waals surface area contributed by atoms with Gasteiger partial charge >= 0.3 is 0 Å². The van der Waals surface area contributed by atoms with Gasteiger partial charge in [-0.2, -0.15) is 5.10 Å². The van der Waals surface area contributed by atoms with Crippen molar-refractivity contribution in [2.75, 3.05) is 5.32 Å². The van der Waals surface area contributed by atoms with Crippen molar-refractivity contribution >= 4 is 22.6 Å². The number of aromatic amines is 2. The molecular weight excluding hydrogens is 256 g/mol. The summed E-state index contributed by atoms with van der Waals surface area (Å²) in [6, 6.07) is 3.75. The van der Waals surface area contributed by atoms with Gasteiger partial charge in [-0.25, -0.2) is 9.97 Å². The molecular formula is C13H12N6O. The topological polar surface area (TPSA) is 99.3 Å². The first-order valence-electron chi connectivity index (χ1n) is 6.45. The molecule has 3 heterocycles. The van der Waals surface area contributed by atoms with Gasteiger partial charge in [0, 0.05) is 23.6 Å². The van der Waals surface area contributed by atoms with Crippen molar-refractivity contribution in [3.8, 4) is 11.5 Å². The number of amides is 1. The van der Waals surface area contributed by atoms with Gasteiger partial charge in [0.25, 0.3) is 0 Å². The number of fused-ring (bicyclic) bond motifs is 1. The maximum absolute atomic E-state index is 11.7. The van der Waals surface area contributed by atoms with Crippen molar-refractivity contribution in [1.82, 2.24) is 25.1 Å². The van der Waals surface area contributed by atoms with E-state index in [9.17, 15) is 4.79 Å². The minimum absolute atomic E-state index is 0.0533. The molecule has 4 rings (SSSR count). The number of anilines is 1. The van der Waals surface area contributed by atoms with Crippen molar-refractivity contribution in [2.24, 2.45) is 5.92 Å². The molecule has 1 aliphatic carbocycles. The number of rotatable bonds is 3. The number of hydrogen-bond donors (Lipinski definition) is 3. The van der Waals surface area contributed by atoms with E-state index in [0.29, 0.717) is 11.6 Å². The van der Waals surface area contributed by atoms with Gasteiger partial charge < -0.3 is 10.3 Å². The molecule has 7 nitrogen and oxygen atoms in total. The van der Waals surface area contributed by atoms with Gasteiger partial charge in [0.2, 0.25) is 5.91 Å². The van der Waals surface area contributed by atoms with Gasteiger partial charge in [-0.05, 0) is 18.9 Å². The number of carbonyl (C=O) groups is 1. The summed E-state index contributed by atoms with van der Waals surface area (Å²) in [5, 5.41) is 10.5. The van der Waals surface area contributed by atoms with Crippen LogP contribution in [0.4, 0.5) is 5.82 Å². The average molecular weight is 268 g/mol. The van der Waals surface area contributed by atoms with Crippen LogP contribution in [0.2, 0.25) is 0 Å². The minimum atomic E-state index is 0.0533. The summed E-state index contributed by atoms with van der Waals surface area (Å²) in [5.74, 6) is 1.39. The summed E-state index contributed by atoms with van der Waals surface area (Å²) >= 11 is 0. The summed E-state index contributed by atoms with van der Waals surface area (Å²) in [7, 11) is 0. The molecule has 1 amide bonds. The van der Waals surface area contributed by atoms with E-state index in [-0.39, 0.29) is 11.8 Å². The van der Waals surface area contributed by atoms with Crippen LogP contribution in [0.25, 0.3) is 22.4 Å². The van der Waals surface area contributed by atoms with Gasteiger partial charge in [0.15, 0.2) is 5.82 Å². The lowest BCUT2D eigenvalue weighted by molar-refractivity contribution is -0.117. The van der Waals surface area contributed by atoms with E-state index in [4.69, 9.17) is 0 Å². The van der Waals surface area contributed by atoms with Crippen molar-refractivity contribution < 1.29 is 4.79 Å². The lowest BCUT2D eigenvalue weighted by Crippen LogP contribution is -2.14. The summed E-state index contributed by atoms with van der Waals surface area (Å²) in [4.78, 5) is 23.3. The highest BCUT2D eigenvalue weighted by Crippen LogP contribution is 2.30. The zero-order valence-electron chi connectivity index (χ0n) is 10.6. The Kier molecular flexibility index (Phi) is 2.32. The van der Waals surface area contributed by atoms with E-state index in [2.05, 4.69) is 30.5 Å². The Morgan fingerprint density at radius 2 is 2.20 bits per heavy atom. The van der Waals surface area contributed by atoms with E-state index in [1.54, 1.807) is 6.20 Å². The smallest absolute Gasteiger partial charge is 0.228 e. The molecule has 1 saturated carbocycles. The largest absolute Gasteiger partial charge is 0.352 e. The normalized spacial score (nSPS) is 14.6. The number of hydrogen-bond acceptors (Lipinski definition) is 4. The molecule has 0 aliphatic heterocycles. The van der Waals surface area contributed by atoms with Crippen LogP contribution >= 0.6 is 0 Å². The molecule has 3 N–H and O–H groups in total. The molecule has 0 saturated heterocycles. The molecule has 3 aromatic heterocycles. The van der Waals surface area contributed by atoms with Crippen LogP contribution in [-0.2, 0) is 4.79 Å². The van der Waals surface area contributed by atoms with Crippen molar-refractivity contribution in [2.45, 2.75) is 12.8 Å². The molecule has 3 aromatic rings. The second kappa shape index (κ2) is 4.16. The van der Waals surface area contributed by atoms with Gasteiger partial charge in [0.05, 0.1) is 11.2 Å². The van der Waals surface area contributed by atoms with Crippen LogP contribution < -0.4 is 5.32 Å². The Morgan fingerprint density at radius 1 is 1.30 bits per heavy atom. The third-order valence-corrected chi connectivity index (χ3v) is 3.36. The fraction of sp³-hybridized carbons (Fsp3) is 0.231. The first-order valence-corrected chi connectivity index (χ1v) is 6.45. The number of pyridine rings is 1. The third-order valence-electron chi connectivity index (χ3n) is 3.36. The highest BCUT2D eigenvalue weighted by atomic mass is 16.2. The number of carbonyl (C=O) groups excluding carboxylic acids is 1. The van der Waals surface area contributed by atoms with Crippen molar-refractivity contribution in [3.05, 3.63) is 24.7 Å². The predicted molar refractivity (Wildman–Crippen MR) is 72.8 cm³/mol. The number of nitrogens with one attached hydrogen (secondary N) is 3. The first-order chi connectivity index (χ1) is 9.79. The molecule has 1 fully saturated rings. The Bertz CT molecular complexity index is 771. The molecule has 100 valence electrons. The average Bonchev–Trinajstić information content (AvgIpc) is 3.00. The summed E-state index contributed by atoms with van der Waals surface area (Å²) < 4.78 is 0. The monoisotopic (exact) mass is 268 g/mol. The van der Waals surface area contributed by atoms with Crippen LogP contribution in [0.1, 0.15) is 12.8 Å². The summed E-state index contributed by atoms with van der Waals surface area (Å²) in [5.41, 5.74) is 1.71. The van der Waals surface area contributed by atoms with Gasteiger partial charge in [-0.3, -0.25) is 9.89 Å². The van der Waals surface area contributed by atoms with E-state index < -0.39 is 0 Å². The predicted octanol–water partition coefficient (Wildman–Crippen LogP) is 1.70. The van der Waals surface area contributed by atoms with Crippen LogP contribution in [0.15, 0.2) is 24.7 Å². The molecule has 7 heteroatoms. The van der Waals surface area contributed by atoms with Crippen LogP contribution in [0.3, 0.4) is 0 Å². The van der Waals surface area contributed by atoms with E-state index in [1.165, 1.54) is 6.33 Å². The molecule has 1 aliphatic rings. The molecule has 0 atom stereocenters. The molecule has 0 aromatic carbocycles. The van der Waals surface area contributed by atoms with Crippen molar-refractivity contribution in [1.29, 1.82) is 0 Å². The van der Waals surface area contributed by atoms with Crippen LogP contribution in [0, 0.1) is 5.92 Å². The quantitative estimate of drug-likeness (QED) is 0.673. The SMILES string of the molecule is O=C(Nc1cc2[nH]c(-c3nc[nH]n3)cc2cn1)C1CC1. The third kappa shape index (κ3) is 1.93. The van der Waals surface area contributed by atoms with Crippen LogP contribution in [-0.4, -0.2) is 31.1 Å². The second-order valence-electron chi connectivity index (χ2n) is 4.93. The minimum Gasteiger partial charge on any atom is -0.352 e. The lowest BCUT2D eigenvalue weighted by Gasteiger charge is -2.02. The fourth-order valence-electron chi connectivity index (χ4n) is 2.13. The first kappa shape index (κ1) is 11.2. The molecule has 0 unspecified atom stereocenters. The van der Waals surface area contributed by atoms with Gasteiger partial charge in [-0.15, -0.1) is 0 Å².